The molecule has 6 heteroatoms. The molecule has 0 saturated heterocycles. The molecule has 2 aromatic heterocycles. The van der Waals surface area contributed by atoms with Crippen LogP contribution in [-0.2, 0) is 13.0 Å². The summed E-state index contributed by atoms with van der Waals surface area (Å²) in [6.07, 6.45) is 6.26. The number of carboxylic acids is 1. The van der Waals surface area contributed by atoms with Gasteiger partial charge in [0.2, 0.25) is 0 Å². The Balaban J connectivity index is 1.42. The van der Waals surface area contributed by atoms with Crippen LogP contribution in [-0.4, -0.2) is 20.6 Å². The van der Waals surface area contributed by atoms with Crippen molar-refractivity contribution in [2.45, 2.75) is 31.7 Å². The van der Waals surface area contributed by atoms with E-state index in [0.717, 1.165) is 40.9 Å². The number of halogens is 2. The van der Waals surface area contributed by atoms with E-state index in [4.69, 9.17) is 0 Å². The van der Waals surface area contributed by atoms with Crippen LogP contribution in [0.3, 0.4) is 0 Å². The van der Waals surface area contributed by atoms with Crippen LogP contribution in [0.4, 0.5) is 8.78 Å². The number of nitrogens with zero attached hydrogens (tertiary/aromatic N) is 2. The van der Waals surface area contributed by atoms with Crippen LogP contribution in [0, 0.1) is 11.6 Å². The van der Waals surface area contributed by atoms with Crippen molar-refractivity contribution in [1.82, 2.24) is 9.55 Å². The van der Waals surface area contributed by atoms with E-state index in [2.05, 4.69) is 4.98 Å². The normalized spacial score (nSPS) is 13.6. The zero-order chi connectivity index (χ0) is 21.5. The van der Waals surface area contributed by atoms with Gasteiger partial charge in [-0.15, -0.1) is 0 Å². The number of benzene rings is 2. The molecule has 4 aromatic rings. The van der Waals surface area contributed by atoms with E-state index >= 15 is 0 Å². The Labute approximate surface area is 177 Å². The molecule has 0 bridgehead atoms. The minimum Gasteiger partial charge on any atom is -0.478 e. The smallest absolute Gasteiger partial charge is 0.337 e. The molecule has 5 rings (SSSR count). The summed E-state index contributed by atoms with van der Waals surface area (Å²) in [5.74, 6) is -1.68. The van der Waals surface area contributed by atoms with Crippen LogP contribution >= 0.6 is 0 Å². The second kappa shape index (κ2) is 7.61. The Hall–Kier alpha value is -3.54. The lowest BCUT2D eigenvalue weighted by atomic mass is 10.0. The fourth-order valence-corrected chi connectivity index (χ4v) is 4.00. The van der Waals surface area contributed by atoms with Gasteiger partial charge in [0.05, 0.1) is 17.8 Å². The van der Waals surface area contributed by atoms with Gasteiger partial charge in [-0.3, -0.25) is 4.98 Å². The molecule has 0 unspecified atom stereocenters. The van der Waals surface area contributed by atoms with Gasteiger partial charge in [0, 0.05) is 36.0 Å². The summed E-state index contributed by atoms with van der Waals surface area (Å²) in [6, 6.07) is 13.2. The lowest BCUT2D eigenvalue weighted by Crippen LogP contribution is -2.07. The van der Waals surface area contributed by atoms with Gasteiger partial charge < -0.3 is 9.67 Å². The molecular formula is C25H20F2N2O2. The van der Waals surface area contributed by atoms with Crippen LogP contribution in [0.25, 0.3) is 10.9 Å². The Bertz CT molecular complexity index is 1310. The number of hydrogen-bond donors (Lipinski definition) is 1. The molecule has 31 heavy (non-hydrogen) atoms. The third-order valence-electron chi connectivity index (χ3n) is 5.83. The van der Waals surface area contributed by atoms with Gasteiger partial charge in [0.25, 0.3) is 0 Å². The molecule has 1 aliphatic rings. The number of aromatic nitrogens is 2. The topological polar surface area (TPSA) is 55.1 Å². The molecule has 0 aliphatic heterocycles. The zero-order valence-corrected chi connectivity index (χ0v) is 16.7. The number of carboxylic acid groups (broad SMARTS) is 1. The van der Waals surface area contributed by atoms with Crippen molar-refractivity contribution in [3.05, 3.63) is 101 Å². The van der Waals surface area contributed by atoms with Gasteiger partial charge in [-0.05, 0) is 65.6 Å². The number of fused-ring (bicyclic) bond motifs is 1. The lowest BCUT2D eigenvalue weighted by molar-refractivity contribution is 0.0695. The first-order valence-corrected chi connectivity index (χ1v) is 10.2. The van der Waals surface area contributed by atoms with Crippen molar-refractivity contribution in [3.63, 3.8) is 0 Å². The summed E-state index contributed by atoms with van der Waals surface area (Å²) >= 11 is 0. The van der Waals surface area contributed by atoms with Crippen molar-refractivity contribution < 1.29 is 18.7 Å². The number of rotatable bonds is 6. The maximum Gasteiger partial charge on any atom is 0.337 e. The minimum absolute atomic E-state index is 0.258. The summed E-state index contributed by atoms with van der Waals surface area (Å²) in [5.41, 5.74) is 4.09. The van der Waals surface area contributed by atoms with Crippen LogP contribution in [0.15, 0.2) is 60.9 Å². The molecule has 1 aliphatic carbocycles. The van der Waals surface area contributed by atoms with Crippen LogP contribution < -0.4 is 0 Å². The molecule has 0 atom stereocenters. The van der Waals surface area contributed by atoms with E-state index < -0.39 is 17.6 Å². The fraction of sp³-hybridized carbons (Fsp3) is 0.200. The molecule has 2 heterocycles. The highest BCUT2D eigenvalue weighted by Gasteiger charge is 2.25. The number of aromatic carboxylic acids is 1. The number of hydrogen-bond acceptors (Lipinski definition) is 2. The molecule has 1 N–H and O–H groups in total. The number of carbonyl (C=O) groups is 1. The van der Waals surface area contributed by atoms with E-state index in [1.165, 1.54) is 12.1 Å². The van der Waals surface area contributed by atoms with Crippen molar-refractivity contribution in [1.29, 1.82) is 0 Å². The average Bonchev–Trinajstić information content (AvgIpc) is 3.52. The second-order valence-corrected chi connectivity index (χ2v) is 8.09. The molecule has 4 nitrogen and oxygen atoms in total. The molecule has 0 spiro atoms. The highest BCUT2D eigenvalue weighted by Crippen LogP contribution is 2.40. The maximum absolute atomic E-state index is 14.0. The Morgan fingerprint density at radius 3 is 2.68 bits per heavy atom. The lowest BCUT2D eigenvalue weighted by Gasteiger charge is -2.10. The first kappa shape index (κ1) is 19.4. The average molecular weight is 418 g/mol. The highest BCUT2D eigenvalue weighted by molar-refractivity contribution is 5.89. The largest absolute Gasteiger partial charge is 0.478 e. The summed E-state index contributed by atoms with van der Waals surface area (Å²) in [7, 11) is 0. The first-order chi connectivity index (χ1) is 15.0. The van der Waals surface area contributed by atoms with Crippen molar-refractivity contribution in [2.75, 3.05) is 0 Å². The molecule has 0 amide bonds. The fourth-order valence-electron chi connectivity index (χ4n) is 4.00. The standard InChI is InChI=1S/C25H20F2N2O2/c26-20-5-4-18(22(27)12-20)14-29-8-7-17-9-15(1-6-24(17)29)10-23-21(25(30)31)11-19(13-28-23)16-2-3-16/h1,4-9,11-13,16H,2-3,10,14H2,(H,30,31). The summed E-state index contributed by atoms with van der Waals surface area (Å²) in [6.45, 7) is 0.294. The number of pyridine rings is 1. The Morgan fingerprint density at radius 2 is 1.94 bits per heavy atom. The van der Waals surface area contributed by atoms with E-state index in [1.54, 1.807) is 12.3 Å². The zero-order valence-electron chi connectivity index (χ0n) is 16.7. The van der Waals surface area contributed by atoms with Crippen molar-refractivity contribution in [3.8, 4) is 0 Å². The summed E-state index contributed by atoms with van der Waals surface area (Å²) in [4.78, 5) is 16.2. The molecule has 2 aromatic carbocycles. The quantitative estimate of drug-likeness (QED) is 0.448. The Kier molecular flexibility index (Phi) is 4.77. The van der Waals surface area contributed by atoms with Crippen LogP contribution in [0.1, 0.15) is 51.5 Å². The van der Waals surface area contributed by atoms with Gasteiger partial charge in [0.1, 0.15) is 11.6 Å². The summed E-state index contributed by atoms with van der Waals surface area (Å²) < 4.78 is 29.1. The molecule has 156 valence electrons. The van der Waals surface area contributed by atoms with Gasteiger partial charge in [0.15, 0.2) is 0 Å². The third-order valence-corrected chi connectivity index (χ3v) is 5.83. The molecule has 0 radical (unpaired) electrons. The van der Waals surface area contributed by atoms with E-state index in [0.29, 0.717) is 30.1 Å². The molecule has 1 saturated carbocycles. The monoisotopic (exact) mass is 418 g/mol. The highest BCUT2D eigenvalue weighted by atomic mass is 19.1. The second-order valence-electron chi connectivity index (χ2n) is 8.09. The Morgan fingerprint density at radius 1 is 1.10 bits per heavy atom. The van der Waals surface area contributed by atoms with Crippen LogP contribution in [0.5, 0.6) is 0 Å². The van der Waals surface area contributed by atoms with Crippen LogP contribution in [0.2, 0.25) is 0 Å². The van der Waals surface area contributed by atoms with Gasteiger partial charge in [-0.25, -0.2) is 13.6 Å². The van der Waals surface area contributed by atoms with Gasteiger partial charge in [-0.2, -0.15) is 0 Å². The predicted octanol–water partition coefficient (Wildman–Crippen LogP) is 5.53. The SMILES string of the molecule is O=C(O)c1cc(C2CC2)cnc1Cc1ccc2c(ccn2Cc2ccc(F)cc2F)c1. The van der Waals surface area contributed by atoms with Gasteiger partial charge >= 0.3 is 5.97 Å². The summed E-state index contributed by atoms with van der Waals surface area (Å²) in [5, 5.41) is 10.6. The minimum atomic E-state index is -0.960. The molecular weight excluding hydrogens is 398 g/mol. The predicted molar refractivity (Wildman–Crippen MR) is 113 cm³/mol. The maximum atomic E-state index is 14.0. The van der Waals surface area contributed by atoms with Crippen molar-refractivity contribution >= 4 is 16.9 Å². The van der Waals surface area contributed by atoms with E-state index in [9.17, 15) is 18.7 Å². The van der Waals surface area contributed by atoms with E-state index in [-0.39, 0.29) is 5.56 Å². The third kappa shape index (κ3) is 3.93. The molecule has 1 fully saturated rings. The van der Waals surface area contributed by atoms with E-state index in [1.807, 2.05) is 35.0 Å². The first-order valence-electron chi connectivity index (χ1n) is 10.2. The van der Waals surface area contributed by atoms with Crippen molar-refractivity contribution in [2.24, 2.45) is 0 Å². The van der Waals surface area contributed by atoms with Gasteiger partial charge in [-0.1, -0.05) is 12.1 Å².